The van der Waals surface area contributed by atoms with Crippen LogP contribution in [-0.4, -0.2) is 20.7 Å². The molecule has 0 amide bonds. The highest BCUT2D eigenvalue weighted by Gasteiger charge is 2.43. The second-order valence-corrected chi connectivity index (χ2v) is 8.17. The van der Waals surface area contributed by atoms with E-state index in [1.54, 1.807) is 0 Å². The Bertz CT molecular complexity index is 357. The highest BCUT2D eigenvalue weighted by atomic mass is 31.2. The van der Waals surface area contributed by atoms with Crippen LogP contribution < -0.4 is 0 Å². The van der Waals surface area contributed by atoms with Crippen LogP contribution in [0.5, 0.6) is 0 Å². The molecule has 0 radical (unpaired) electrons. The van der Waals surface area contributed by atoms with Crippen LogP contribution in [-0.2, 0) is 9.09 Å². The molecule has 146 valence electrons. The van der Waals surface area contributed by atoms with Crippen molar-refractivity contribution in [1.82, 2.24) is 0 Å². The summed E-state index contributed by atoms with van der Waals surface area (Å²) in [5, 5.41) is 11.0. The van der Waals surface area contributed by atoms with Gasteiger partial charge in [0.2, 0.25) is 0 Å². The second kappa shape index (κ2) is 12.4. The monoisotopic (exact) mass is 366 g/mol. The Morgan fingerprint density at radius 2 is 1.46 bits per heavy atom. The van der Waals surface area contributed by atoms with E-state index in [2.05, 4.69) is 20.8 Å². The highest BCUT2D eigenvalue weighted by molar-refractivity contribution is 7.46. The quantitative estimate of drug-likeness (QED) is 0.205. The minimum Gasteiger partial charge on any atom is -0.365 e. The van der Waals surface area contributed by atoms with Crippen LogP contribution >= 0.6 is 7.82 Å². The van der Waals surface area contributed by atoms with Crippen LogP contribution in [0.15, 0.2) is 0 Å². The van der Waals surface area contributed by atoms with Gasteiger partial charge in [0, 0.05) is 12.3 Å². The zero-order chi connectivity index (χ0) is 18.6. The molecular formula is C18H39O5P. The van der Waals surface area contributed by atoms with Gasteiger partial charge < -0.3 is 14.9 Å². The predicted octanol–water partition coefficient (Wildman–Crippen LogP) is 5.39. The van der Waals surface area contributed by atoms with Crippen molar-refractivity contribution in [2.45, 2.75) is 104 Å². The molecule has 0 saturated carbocycles. The number of unbranched alkanes of at least 4 members (excludes halogenated alkanes) is 4. The fourth-order valence-corrected chi connectivity index (χ4v) is 4.06. The van der Waals surface area contributed by atoms with Gasteiger partial charge >= 0.3 is 7.82 Å². The first-order valence-electron chi connectivity index (χ1n) is 9.70. The minimum atomic E-state index is -4.74. The summed E-state index contributed by atoms with van der Waals surface area (Å²) in [7, 11) is -4.74. The number of rotatable bonds is 15. The molecule has 0 spiro atoms. The fourth-order valence-electron chi connectivity index (χ4n) is 3.42. The summed E-state index contributed by atoms with van der Waals surface area (Å²) in [5.74, 6) is -1.78. The van der Waals surface area contributed by atoms with Crippen LogP contribution in [0.4, 0.5) is 0 Å². The van der Waals surface area contributed by atoms with Gasteiger partial charge in [0.05, 0.1) is 0 Å². The molecule has 0 aliphatic carbocycles. The molecule has 0 rings (SSSR count). The van der Waals surface area contributed by atoms with Crippen molar-refractivity contribution in [1.29, 1.82) is 0 Å². The lowest BCUT2D eigenvalue weighted by atomic mass is 9.82. The van der Waals surface area contributed by atoms with Crippen molar-refractivity contribution >= 4 is 7.82 Å². The van der Waals surface area contributed by atoms with Gasteiger partial charge in [0.25, 0.3) is 0 Å². The Hall–Kier alpha value is 0.0700. The van der Waals surface area contributed by atoms with Crippen LogP contribution in [0.25, 0.3) is 0 Å². The molecule has 24 heavy (non-hydrogen) atoms. The summed E-state index contributed by atoms with van der Waals surface area (Å²) in [6, 6.07) is 0. The summed E-state index contributed by atoms with van der Waals surface area (Å²) in [6.07, 6.45) is 9.92. The SMILES string of the molecule is CCCCCC(CC)CC(O)(OP(=O)(O)O)C(CC)CCCCC. The summed E-state index contributed by atoms with van der Waals surface area (Å²) in [6.45, 7) is 8.27. The molecule has 3 N–H and O–H groups in total. The number of aliphatic hydroxyl groups is 1. The van der Waals surface area contributed by atoms with Crippen molar-refractivity contribution in [2.24, 2.45) is 11.8 Å². The van der Waals surface area contributed by atoms with Gasteiger partial charge in [0.15, 0.2) is 5.79 Å². The summed E-state index contributed by atoms with van der Waals surface area (Å²) >= 11 is 0. The number of phosphoric acid groups is 1. The minimum absolute atomic E-state index is 0.216. The van der Waals surface area contributed by atoms with E-state index in [-0.39, 0.29) is 11.8 Å². The number of hydrogen-bond donors (Lipinski definition) is 3. The molecule has 0 fully saturated rings. The van der Waals surface area contributed by atoms with Crippen LogP contribution in [0.3, 0.4) is 0 Å². The number of phosphoric ester groups is 1. The maximum Gasteiger partial charge on any atom is 0.472 e. The first-order valence-corrected chi connectivity index (χ1v) is 11.2. The molecule has 6 heteroatoms. The van der Waals surface area contributed by atoms with Gasteiger partial charge in [-0.3, -0.25) is 4.52 Å². The zero-order valence-electron chi connectivity index (χ0n) is 16.0. The third-order valence-electron chi connectivity index (χ3n) is 4.94. The maximum atomic E-state index is 11.4. The van der Waals surface area contributed by atoms with E-state index < -0.39 is 13.6 Å². The molecule has 3 unspecified atom stereocenters. The lowest BCUT2D eigenvalue weighted by molar-refractivity contribution is -0.203. The zero-order valence-corrected chi connectivity index (χ0v) is 16.9. The van der Waals surface area contributed by atoms with E-state index in [4.69, 9.17) is 4.52 Å². The summed E-state index contributed by atoms with van der Waals surface area (Å²) in [5.41, 5.74) is 0. The molecular weight excluding hydrogens is 327 g/mol. The normalized spacial score (nSPS) is 17.5. The average molecular weight is 366 g/mol. The molecule has 0 heterocycles. The van der Waals surface area contributed by atoms with Crippen molar-refractivity contribution in [3.63, 3.8) is 0 Å². The Labute approximate surface area is 148 Å². The summed E-state index contributed by atoms with van der Waals surface area (Å²) < 4.78 is 16.4. The van der Waals surface area contributed by atoms with Crippen LogP contribution in [0.1, 0.15) is 98.3 Å². The van der Waals surface area contributed by atoms with Crippen molar-refractivity contribution < 1.29 is 24.0 Å². The standard InChI is InChI=1S/C18H39O5P/c1-5-9-11-13-16(7-3)15-18(19,23-24(20,21)22)17(8-4)14-12-10-6-2/h16-17,19H,5-15H2,1-4H3,(H2,20,21,22). The summed E-state index contributed by atoms with van der Waals surface area (Å²) in [4.78, 5) is 18.6. The molecule has 0 aromatic heterocycles. The fraction of sp³-hybridized carbons (Fsp3) is 1.00. The second-order valence-electron chi connectivity index (χ2n) is 7.00. The third-order valence-corrected chi connectivity index (χ3v) is 5.49. The highest BCUT2D eigenvalue weighted by Crippen LogP contribution is 2.47. The van der Waals surface area contributed by atoms with Gasteiger partial charge in [-0.1, -0.05) is 79.1 Å². The Morgan fingerprint density at radius 3 is 1.88 bits per heavy atom. The van der Waals surface area contributed by atoms with E-state index in [9.17, 15) is 19.5 Å². The molecule has 0 aromatic rings. The van der Waals surface area contributed by atoms with E-state index in [1.165, 1.54) is 0 Å². The van der Waals surface area contributed by atoms with Gasteiger partial charge in [-0.15, -0.1) is 0 Å². The van der Waals surface area contributed by atoms with Gasteiger partial charge in [-0.25, -0.2) is 4.57 Å². The lowest BCUT2D eigenvalue weighted by Crippen LogP contribution is -2.42. The van der Waals surface area contributed by atoms with Crippen molar-refractivity contribution in [2.75, 3.05) is 0 Å². The van der Waals surface area contributed by atoms with Gasteiger partial charge in [-0.2, -0.15) is 0 Å². The average Bonchev–Trinajstić information content (AvgIpc) is 2.48. The topological polar surface area (TPSA) is 87.0 Å². The lowest BCUT2D eigenvalue weighted by Gasteiger charge is -2.38. The third kappa shape index (κ3) is 10.1. The first kappa shape index (κ1) is 24.1. The molecule has 0 aliphatic heterocycles. The molecule has 0 aliphatic rings. The Kier molecular flexibility index (Phi) is 12.5. The Morgan fingerprint density at radius 1 is 0.917 bits per heavy atom. The Balaban J connectivity index is 5.10. The largest absolute Gasteiger partial charge is 0.472 e. The molecule has 0 aromatic carbocycles. The van der Waals surface area contributed by atoms with Crippen molar-refractivity contribution in [3.8, 4) is 0 Å². The molecule has 3 atom stereocenters. The molecule has 0 bridgehead atoms. The molecule has 0 saturated heterocycles. The smallest absolute Gasteiger partial charge is 0.365 e. The van der Waals surface area contributed by atoms with E-state index >= 15 is 0 Å². The van der Waals surface area contributed by atoms with Crippen molar-refractivity contribution in [3.05, 3.63) is 0 Å². The van der Waals surface area contributed by atoms with E-state index in [0.717, 1.165) is 57.8 Å². The van der Waals surface area contributed by atoms with Crippen LogP contribution in [0.2, 0.25) is 0 Å². The maximum absolute atomic E-state index is 11.4. The van der Waals surface area contributed by atoms with Gasteiger partial charge in [0.1, 0.15) is 0 Å². The predicted molar refractivity (Wildman–Crippen MR) is 98.5 cm³/mol. The first-order chi connectivity index (χ1) is 11.2. The van der Waals surface area contributed by atoms with Gasteiger partial charge in [-0.05, 0) is 18.8 Å². The van der Waals surface area contributed by atoms with Crippen LogP contribution in [0, 0.1) is 11.8 Å². The van der Waals surface area contributed by atoms with E-state index in [0.29, 0.717) is 12.8 Å². The number of hydrogen-bond acceptors (Lipinski definition) is 3. The van der Waals surface area contributed by atoms with E-state index in [1.807, 2.05) is 6.92 Å². The molecule has 5 nitrogen and oxygen atoms in total.